The van der Waals surface area contributed by atoms with Crippen LogP contribution in [0.1, 0.15) is 20.3 Å². The van der Waals surface area contributed by atoms with Gasteiger partial charge in [-0.25, -0.2) is 8.42 Å². The third-order valence-corrected chi connectivity index (χ3v) is 6.72. The maximum absolute atomic E-state index is 12.5. The Morgan fingerprint density at radius 1 is 1.33 bits per heavy atom. The van der Waals surface area contributed by atoms with E-state index in [0.29, 0.717) is 14.6 Å². The van der Waals surface area contributed by atoms with Gasteiger partial charge in [0.2, 0.25) is 10.0 Å². The Bertz CT molecular complexity index is 523. The molecule has 18 heavy (non-hydrogen) atoms. The van der Waals surface area contributed by atoms with Crippen LogP contribution in [0.4, 0.5) is 5.69 Å². The predicted molar refractivity (Wildman–Crippen MR) is 81.0 cm³/mol. The van der Waals surface area contributed by atoms with Gasteiger partial charge in [-0.15, -0.1) is 0 Å². The van der Waals surface area contributed by atoms with Crippen molar-refractivity contribution >= 4 is 47.6 Å². The van der Waals surface area contributed by atoms with Gasteiger partial charge >= 0.3 is 0 Å². The molecule has 1 rings (SSSR count). The highest BCUT2D eigenvalue weighted by Gasteiger charge is 2.28. The van der Waals surface area contributed by atoms with Gasteiger partial charge in [-0.2, -0.15) is 4.31 Å². The number of nitrogens with zero attached hydrogens (tertiary/aromatic N) is 1. The molecule has 1 atom stereocenters. The van der Waals surface area contributed by atoms with E-state index in [2.05, 4.69) is 31.9 Å². The van der Waals surface area contributed by atoms with Gasteiger partial charge < -0.3 is 5.73 Å². The highest BCUT2D eigenvalue weighted by Crippen LogP contribution is 2.34. The Balaban J connectivity index is 3.38. The largest absolute Gasteiger partial charge is 0.399 e. The van der Waals surface area contributed by atoms with Crippen molar-refractivity contribution < 1.29 is 8.42 Å². The second-order valence-corrected chi connectivity index (χ2v) is 7.74. The predicted octanol–water partition coefficient (Wildman–Crippen LogP) is 3.21. The highest BCUT2D eigenvalue weighted by molar-refractivity contribution is 9.11. The van der Waals surface area contributed by atoms with Crippen LogP contribution in [0, 0.1) is 0 Å². The molecule has 7 heteroatoms. The van der Waals surface area contributed by atoms with Crippen molar-refractivity contribution in [2.45, 2.75) is 31.2 Å². The molecule has 0 aliphatic rings. The Morgan fingerprint density at radius 2 is 1.78 bits per heavy atom. The first-order valence-corrected chi connectivity index (χ1v) is 8.47. The molecule has 0 aliphatic carbocycles. The van der Waals surface area contributed by atoms with Crippen LogP contribution in [0.15, 0.2) is 26.0 Å². The zero-order valence-electron chi connectivity index (χ0n) is 10.4. The minimum Gasteiger partial charge on any atom is -0.399 e. The van der Waals surface area contributed by atoms with Crippen LogP contribution < -0.4 is 5.73 Å². The summed E-state index contributed by atoms with van der Waals surface area (Å²) < 4.78 is 27.3. The van der Waals surface area contributed by atoms with Crippen molar-refractivity contribution in [3.63, 3.8) is 0 Å². The molecule has 2 N–H and O–H groups in total. The normalized spacial score (nSPS) is 13.9. The van der Waals surface area contributed by atoms with Gasteiger partial charge in [-0.05, 0) is 57.3 Å². The van der Waals surface area contributed by atoms with Crippen molar-refractivity contribution in [3.8, 4) is 0 Å². The van der Waals surface area contributed by atoms with Crippen molar-refractivity contribution in [1.82, 2.24) is 4.31 Å². The lowest BCUT2D eigenvalue weighted by Gasteiger charge is -2.24. The van der Waals surface area contributed by atoms with Gasteiger partial charge in [0.15, 0.2) is 0 Å². The minimum absolute atomic E-state index is 0.0636. The van der Waals surface area contributed by atoms with Gasteiger partial charge in [0, 0.05) is 27.7 Å². The first-order chi connectivity index (χ1) is 8.21. The molecular formula is C11H16Br2N2O2S. The lowest BCUT2D eigenvalue weighted by Crippen LogP contribution is -2.35. The van der Waals surface area contributed by atoms with Crippen LogP contribution in [0.25, 0.3) is 0 Å². The molecule has 0 amide bonds. The van der Waals surface area contributed by atoms with Crippen LogP contribution in [-0.4, -0.2) is 25.8 Å². The molecule has 0 heterocycles. The number of hydrogen-bond acceptors (Lipinski definition) is 3. The lowest BCUT2D eigenvalue weighted by atomic mass is 10.3. The van der Waals surface area contributed by atoms with E-state index < -0.39 is 10.0 Å². The Morgan fingerprint density at radius 3 is 2.17 bits per heavy atom. The minimum atomic E-state index is -3.54. The summed E-state index contributed by atoms with van der Waals surface area (Å²) in [6, 6.07) is 3.11. The lowest BCUT2D eigenvalue weighted by molar-refractivity contribution is 0.380. The van der Waals surface area contributed by atoms with E-state index in [0.717, 1.165) is 6.42 Å². The number of anilines is 1. The van der Waals surface area contributed by atoms with Crippen molar-refractivity contribution in [2.24, 2.45) is 0 Å². The van der Waals surface area contributed by atoms with Crippen LogP contribution >= 0.6 is 31.9 Å². The molecule has 0 radical (unpaired) electrons. The quantitative estimate of drug-likeness (QED) is 0.790. The third-order valence-electron chi connectivity index (χ3n) is 2.87. The van der Waals surface area contributed by atoms with Gasteiger partial charge in [0.25, 0.3) is 0 Å². The average molecular weight is 400 g/mol. The fourth-order valence-corrected chi connectivity index (χ4v) is 5.43. The van der Waals surface area contributed by atoms with Gasteiger partial charge in [0.05, 0.1) is 0 Å². The smallest absolute Gasteiger partial charge is 0.245 e. The van der Waals surface area contributed by atoms with E-state index in [-0.39, 0.29) is 10.9 Å². The van der Waals surface area contributed by atoms with Crippen molar-refractivity contribution in [1.29, 1.82) is 0 Å². The van der Waals surface area contributed by atoms with E-state index in [1.807, 2.05) is 13.8 Å². The Kier molecular flexibility index (Phi) is 5.22. The molecule has 0 aromatic heterocycles. The summed E-state index contributed by atoms with van der Waals surface area (Å²) in [5.74, 6) is 0. The van der Waals surface area contributed by atoms with Crippen molar-refractivity contribution in [3.05, 3.63) is 21.1 Å². The number of sulfonamides is 1. The Hall–Kier alpha value is -0.110. The van der Waals surface area contributed by atoms with Crippen LogP contribution in [-0.2, 0) is 10.0 Å². The Labute approximate surface area is 125 Å². The second-order valence-electron chi connectivity index (χ2n) is 4.09. The number of rotatable bonds is 4. The summed E-state index contributed by atoms with van der Waals surface area (Å²) >= 11 is 6.51. The number of nitrogens with two attached hydrogens (primary N) is 1. The van der Waals surface area contributed by atoms with E-state index >= 15 is 0 Å². The summed E-state index contributed by atoms with van der Waals surface area (Å²) in [6.45, 7) is 3.82. The molecule has 0 saturated carbocycles. The molecule has 0 bridgehead atoms. The SMILES string of the molecule is CCC(C)N(C)S(=O)(=O)c1c(Br)cc(N)cc1Br. The molecule has 4 nitrogen and oxygen atoms in total. The molecule has 1 unspecified atom stereocenters. The molecule has 0 saturated heterocycles. The average Bonchev–Trinajstić information content (AvgIpc) is 2.24. The van der Waals surface area contributed by atoms with Crippen LogP contribution in [0.2, 0.25) is 0 Å². The molecule has 0 spiro atoms. The molecule has 102 valence electrons. The zero-order valence-corrected chi connectivity index (χ0v) is 14.4. The second kappa shape index (κ2) is 5.90. The molecular weight excluding hydrogens is 384 g/mol. The van der Waals surface area contributed by atoms with Crippen LogP contribution in [0.3, 0.4) is 0 Å². The topological polar surface area (TPSA) is 63.4 Å². The first kappa shape index (κ1) is 15.9. The molecule has 1 aromatic rings. The van der Waals surface area contributed by atoms with E-state index in [4.69, 9.17) is 5.73 Å². The first-order valence-electron chi connectivity index (χ1n) is 5.44. The maximum Gasteiger partial charge on any atom is 0.245 e. The van der Waals surface area contributed by atoms with E-state index in [1.54, 1.807) is 19.2 Å². The monoisotopic (exact) mass is 398 g/mol. The van der Waals surface area contributed by atoms with Gasteiger partial charge in [-0.3, -0.25) is 0 Å². The zero-order chi connectivity index (χ0) is 14.1. The number of benzene rings is 1. The number of halogens is 2. The molecule has 0 aliphatic heterocycles. The maximum atomic E-state index is 12.5. The highest BCUT2D eigenvalue weighted by atomic mass is 79.9. The fourth-order valence-electron chi connectivity index (χ4n) is 1.46. The molecule has 0 fully saturated rings. The summed E-state index contributed by atoms with van der Waals surface area (Å²) in [4.78, 5) is 0.208. The summed E-state index contributed by atoms with van der Waals surface area (Å²) in [5, 5.41) is 0. The van der Waals surface area contributed by atoms with Gasteiger partial charge in [-0.1, -0.05) is 6.92 Å². The summed E-state index contributed by atoms with van der Waals surface area (Å²) in [5.41, 5.74) is 6.16. The summed E-state index contributed by atoms with van der Waals surface area (Å²) in [7, 11) is -1.96. The van der Waals surface area contributed by atoms with E-state index in [9.17, 15) is 8.42 Å². The van der Waals surface area contributed by atoms with E-state index in [1.165, 1.54) is 4.31 Å². The fraction of sp³-hybridized carbons (Fsp3) is 0.455. The third kappa shape index (κ3) is 3.07. The van der Waals surface area contributed by atoms with Crippen molar-refractivity contribution in [2.75, 3.05) is 12.8 Å². The van der Waals surface area contributed by atoms with Crippen LogP contribution in [0.5, 0.6) is 0 Å². The standard InChI is InChI=1S/C11H16Br2N2O2S/c1-4-7(2)15(3)18(16,17)11-9(12)5-8(14)6-10(11)13/h5-7H,4,14H2,1-3H3. The van der Waals surface area contributed by atoms with Gasteiger partial charge in [0.1, 0.15) is 4.90 Å². The summed E-state index contributed by atoms with van der Waals surface area (Å²) in [6.07, 6.45) is 0.750. The molecule has 1 aromatic carbocycles. The number of hydrogen-bond donors (Lipinski definition) is 1. The number of nitrogen functional groups attached to an aromatic ring is 1.